The number of thiazole rings is 2. The number of nitrogens with one attached hydrogen (secondary N) is 3. The molecule has 0 aliphatic carbocycles. The molecule has 0 aliphatic rings. The Morgan fingerprint density at radius 2 is 1.92 bits per heavy atom. The van der Waals surface area contributed by atoms with E-state index in [9.17, 15) is 0 Å². The van der Waals surface area contributed by atoms with Gasteiger partial charge in [-0.3, -0.25) is 5.10 Å². The standard InChI is InChI=1S/C16H12N6S2/c1-17-16-22-15-14(24-16)21-13(23-15)11-3-2-9(8-6-19-20-7-8)10-4-5-18-12(10)11/h2-7,18H,1H3,(H,17,22)(H,19,20). The molecular weight excluding hydrogens is 340 g/mol. The predicted molar refractivity (Wildman–Crippen MR) is 99.7 cm³/mol. The minimum Gasteiger partial charge on any atom is -0.364 e. The Bertz CT molecular complexity index is 1120. The number of rotatable bonds is 3. The average molecular weight is 352 g/mol. The second-order valence-electron chi connectivity index (χ2n) is 5.31. The van der Waals surface area contributed by atoms with Crippen molar-refractivity contribution in [3.63, 3.8) is 0 Å². The van der Waals surface area contributed by atoms with Crippen LogP contribution in [-0.4, -0.2) is 32.2 Å². The van der Waals surface area contributed by atoms with Gasteiger partial charge in [0.15, 0.2) is 14.8 Å². The van der Waals surface area contributed by atoms with E-state index in [2.05, 4.69) is 43.7 Å². The molecule has 118 valence electrons. The fourth-order valence-electron chi connectivity index (χ4n) is 2.85. The Hall–Kier alpha value is -2.71. The largest absolute Gasteiger partial charge is 0.364 e. The van der Waals surface area contributed by atoms with Crippen molar-refractivity contribution in [2.45, 2.75) is 0 Å². The molecule has 0 atom stereocenters. The highest BCUT2D eigenvalue weighted by Crippen LogP contribution is 2.39. The molecule has 5 aromatic rings. The zero-order valence-corrected chi connectivity index (χ0v) is 14.3. The highest BCUT2D eigenvalue weighted by Gasteiger charge is 2.16. The van der Waals surface area contributed by atoms with E-state index in [0.717, 1.165) is 47.4 Å². The first-order chi connectivity index (χ1) is 11.8. The maximum Gasteiger partial charge on any atom is 0.185 e. The summed E-state index contributed by atoms with van der Waals surface area (Å²) in [5, 5.41) is 13.0. The van der Waals surface area contributed by atoms with Gasteiger partial charge >= 0.3 is 0 Å². The molecule has 0 bridgehead atoms. The smallest absolute Gasteiger partial charge is 0.185 e. The fourth-order valence-corrected chi connectivity index (χ4v) is 4.78. The summed E-state index contributed by atoms with van der Waals surface area (Å²) in [4.78, 5) is 14.6. The molecule has 24 heavy (non-hydrogen) atoms. The summed E-state index contributed by atoms with van der Waals surface area (Å²) in [6.07, 6.45) is 5.71. The number of H-pyrrole nitrogens is 2. The van der Waals surface area contributed by atoms with Crippen molar-refractivity contribution in [2.24, 2.45) is 0 Å². The van der Waals surface area contributed by atoms with Gasteiger partial charge in [0.1, 0.15) is 5.01 Å². The topological polar surface area (TPSA) is 82.3 Å². The van der Waals surface area contributed by atoms with Gasteiger partial charge in [0.05, 0.1) is 11.7 Å². The van der Waals surface area contributed by atoms with Crippen LogP contribution in [-0.2, 0) is 0 Å². The summed E-state index contributed by atoms with van der Waals surface area (Å²) >= 11 is 3.19. The molecule has 0 spiro atoms. The van der Waals surface area contributed by atoms with E-state index in [1.54, 1.807) is 22.7 Å². The second kappa shape index (κ2) is 5.15. The number of benzene rings is 1. The first-order valence-corrected chi connectivity index (χ1v) is 9.01. The molecule has 0 aliphatic heterocycles. The zero-order valence-electron chi connectivity index (χ0n) is 12.6. The molecular formula is C16H12N6S2. The number of anilines is 1. The van der Waals surface area contributed by atoms with Crippen molar-refractivity contribution >= 4 is 48.4 Å². The van der Waals surface area contributed by atoms with Gasteiger partial charge in [0.2, 0.25) is 0 Å². The van der Waals surface area contributed by atoms with Crippen LogP contribution < -0.4 is 5.32 Å². The summed E-state index contributed by atoms with van der Waals surface area (Å²) in [6, 6.07) is 6.33. The van der Waals surface area contributed by atoms with E-state index < -0.39 is 0 Å². The molecule has 0 amide bonds. The van der Waals surface area contributed by atoms with Crippen LogP contribution in [0.2, 0.25) is 0 Å². The average Bonchev–Trinajstić information content (AvgIpc) is 3.34. The normalized spacial score (nSPS) is 11.5. The van der Waals surface area contributed by atoms with Crippen LogP contribution in [0.3, 0.4) is 0 Å². The van der Waals surface area contributed by atoms with Crippen LogP contribution in [0.5, 0.6) is 0 Å². The van der Waals surface area contributed by atoms with Crippen LogP contribution in [0.1, 0.15) is 0 Å². The minimum atomic E-state index is 0.899. The first kappa shape index (κ1) is 13.7. The number of hydrogen-bond acceptors (Lipinski definition) is 6. The molecule has 0 unspecified atom stereocenters. The van der Waals surface area contributed by atoms with Crippen molar-refractivity contribution < 1.29 is 0 Å². The van der Waals surface area contributed by atoms with Crippen LogP contribution >= 0.6 is 22.7 Å². The van der Waals surface area contributed by atoms with Gasteiger partial charge < -0.3 is 10.3 Å². The first-order valence-electron chi connectivity index (χ1n) is 7.38. The van der Waals surface area contributed by atoms with E-state index in [0.29, 0.717) is 0 Å². The van der Waals surface area contributed by atoms with Gasteiger partial charge in [-0.05, 0) is 17.7 Å². The van der Waals surface area contributed by atoms with Gasteiger partial charge in [0.25, 0.3) is 0 Å². The predicted octanol–water partition coefficient (Wildman–Crippen LogP) is 4.33. The lowest BCUT2D eigenvalue weighted by molar-refractivity contribution is 1.09. The van der Waals surface area contributed by atoms with Crippen LogP contribution in [0, 0.1) is 0 Å². The van der Waals surface area contributed by atoms with Crippen LogP contribution in [0.4, 0.5) is 5.13 Å². The van der Waals surface area contributed by atoms with Crippen molar-refractivity contribution in [3.8, 4) is 21.7 Å². The highest BCUT2D eigenvalue weighted by molar-refractivity contribution is 7.29. The Morgan fingerprint density at radius 3 is 2.71 bits per heavy atom. The maximum atomic E-state index is 4.77. The van der Waals surface area contributed by atoms with E-state index >= 15 is 0 Å². The third kappa shape index (κ3) is 1.97. The van der Waals surface area contributed by atoms with Crippen LogP contribution in [0.15, 0.2) is 36.8 Å². The third-order valence-electron chi connectivity index (χ3n) is 3.95. The third-order valence-corrected chi connectivity index (χ3v) is 6.03. The van der Waals surface area contributed by atoms with Gasteiger partial charge in [-0.25, -0.2) is 9.97 Å². The Labute approximate surface area is 144 Å². The summed E-state index contributed by atoms with van der Waals surface area (Å²) in [6.45, 7) is 0. The Morgan fingerprint density at radius 1 is 1.04 bits per heavy atom. The van der Waals surface area contributed by atoms with Gasteiger partial charge in [0, 0.05) is 36.0 Å². The lowest BCUT2D eigenvalue weighted by atomic mass is 10.0. The summed E-state index contributed by atoms with van der Waals surface area (Å²) in [5.41, 5.74) is 4.41. The molecule has 4 aromatic heterocycles. The van der Waals surface area contributed by atoms with Crippen molar-refractivity contribution in [1.82, 2.24) is 25.1 Å². The quantitative estimate of drug-likeness (QED) is 0.451. The molecule has 5 rings (SSSR count). The molecule has 0 saturated heterocycles. The maximum absolute atomic E-state index is 4.77. The van der Waals surface area contributed by atoms with Crippen LogP contribution in [0.25, 0.3) is 42.3 Å². The Kier molecular flexibility index (Phi) is 2.94. The molecule has 8 heteroatoms. The summed E-state index contributed by atoms with van der Waals surface area (Å²) in [7, 11) is 1.88. The van der Waals surface area contributed by atoms with E-state index in [1.165, 1.54) is 0 Å². The van der Waals surface area contributed by atoms with Crippen molar-refractivity contribution in [1.29, 1.82) is 0 Å². The lowest BCUT2D eigenvalue weighted by Gasteiger charge is -2.04. The van der Waals surface area contributed by atoms with Gasteiger partial charge in [-0.15, -0.1) is 0 Å². The van der Waals surface area contributed by atoms with E-state index in [4.69, 9.17) is 4.98 Å². The number of hydrogen-bond donors (Lipinski definition) is 3. The Balaban J connectivity index is 1.70. The molecule has 3 N–H and O–H groups in total. The second-order valence-corrected chi connectivity index (χ2v) is 7.27. The van der Waals surface area contributed by atoms with Gasteiger partial charge in [-0.1, -0.05) is 28.7 Å². The van der Waals surface area contributed by atoms with E-state index in [1.807, 2.05) is 25.6 Å². The van der Waals surface area contributed by atoms with Crippen molar-refractivity contribution in [2.75, 3.05) is 12.4 Å². The zero-order chi connectivity index (χ0) is 16.1. The molecule has 0 saturated carbocycles. The highest BCUT2D eigenvalue weighted by atomic mass is 32.1. The van der Waals surface area contributed by atoms with Crippen molar-refractivity contribution in [3.05, 3.63) is 36.8 Å². The molecule has 0 fully saturated rings. The van der Waals surface area contributed by atoms with E-state index in [-0.39, 0.29) is 0 Å². The number of nitrogens with zero attached hydrogens (tertiary/aromatic N) is 3. The molecule has 6 nitrogen and oxygen atoms in total. The monoisotopic (exact) mass is 352 g/mol. The minimum absolute atomic E-state index is 0.899. The molecule has 0 radical (unpaired) electrons. The lowest BCUT2D eigenvalue weighted by Crippen LogP contribution is -1.84. The van der Waals surface area contributed by atoms with Gasteiger partial charge in [-0.2, -0.15) is 5.10 Å². The SMILES string of the molecule is CNc1nc2sc(-c3ccc(-c4cn[nH]c4)c4cc[nH]c34)nc2s1. The number of fused-ring (bicyclic) bond motifs is 2. The fraction of sp³-hybridized carbons (Fsp3) is 0.0625. The number of aromatic amines is 2. The molecule has 4 heterocycles. The molecule has 1 aromatic carbocycles. The summed E-state index contributed by atoms with van der Waals surface area (Å²) in [5.74, 6) is 0. The summed E-state index contributed by atoms with van der Waals surface area (Å²) < 4.78 is 0. The number of aromatic nitrogens is 5.